The van der Waals surface area contributed by atoms with Crippen molar-refractivity contribution in [2.45, 2.75) is 77.4 Å². The predicted molar refractivity (Wildman–Crippen MR) is 174 cm³/mol. The Balaban J connectivity index is 1.60. The standard InChI is InChI=1S/C34H42ClN3O4S/c1-25-11-9-14-28(21-25)24-37(32(22-27-12-5-4-6-13-27)34(40)36-30-15-7-8-16-30)33(39)17-10-20-38(43(3,41)42)31-23-29(35)19-18-26(31)2/h4-6,9,11-14,18-19,21,23,30,32H,7-8,10,15-17,20,22,24H2,1-3H3,(H,36,40)/t32-/m1/s1. The van der Waals surface area contributed by atoms with Crippen molar-refractivity contribution < 1.29 is 18.0 Å². The van der Waals surface area contributed by atoms with E-state index in [9.17, 15) is 18.0 Å². The van der Waals surface area contributed by atoms with E-state index in [1.807, 2.05) is 68.4 Å². The molecule has 43 heavy (non-hydrogen) atoms. The molecule has 230 valence electrons. The van der Waals surface area contributed by atoms with Crippen LogP contribution in [0.5, 0.6) is 0 Å². The van der Waals surface area contributed by atoms with Gasteiger partial charge >= 0.3 is 0 Å². The number of rotatable bonds is 13. The number of aryl methyl sites for hydroxylation is 2. The number of nitrogens with one attached hydrogen (secondary N) is 1. The number of hydrogen-bond acceptors (Lipinski definition) is 4. The van der Waals surface area contributed by atoms with Crippen LogP contribution in [0.25, 0.3) is 0 Å². The van der Waals surface area contributed by atoms with Crippen molar-refractivity contribution in [3.05, 3.63) is 100 Å². The minimum absolute atomic E-state index is 0.0828. The summed E-state index contributed by atoms with van der Waals surface area (Å²) in [4.78, 5) is 29.6. The van der Waals surface area contributed by atoms with Crippen LogP contribution in [0.4, 0.5) is 5.69 Å². The van der Waals surface area contributed by atoms with Crippen molar-refractivity contribution in [1.82, 2.24) is 10.2 Å². The van der Waals surface area contributed by atoms with Crippen LogP contribution in [0.2, 0.25) is 5.02 Å². The minimum Gasteiger partial charge on any atom is -0.352 e. The Morgan fingerprint density at radius 3 is 2.33 bits per heavy atom. The van der Waals surface area contributed by atoms with E-state index in [4.69, 9.17) is 11.6 Å². The summed E-state index contributed by atoms with van der Waals surface area (Å²) in [5, 5.41) is 3.66. The predicted octanol–water partition coefficient (Wildman–Crippen LogP) is 6.20. The van der Waals surface area contributed by atoms with E-state index in [2.05, 4.69) is 5.32 Å². The first-order valence-electron chi connectivity index (χ1n) is 14.9. The maximum absolute atomic E-state index is 14.1. The third kappa shape index (κ3) is 9.31. The van der Waals surface area contributed by atoms with E-state index < -0.39 is 16.1 Å². The fourth-order valence-corrected chi connectivity index (χ4v) is 6.94. The zero-order valence-electron chi connectivity index (χ0n) is 25.3. The first kappa shape index (κ1) is 32.6. The first-order chi connectivity index (χ1) is 20.5. The molecule has 3 aromatic carbocycles. The molecule has 0 radical (unpaired) electrons. The van der Waals surface area contributed by atoms with Crippen molar-refractivity contribution in [3.8, 4) is 0 Å². The quantitative estimate of drug-likeness (QED) is 0.246. The lowest BCUT2D eigenvalue weighted by Crippen LogP contribution is -2.52. The summed E-state index contributed by atoms with van der Waals surface area (Å²) in [5.74, 6) is -0.343. The van der Waals surface area contributed by atoms with Crippen molar-refractivity contribution in [2.75, 3.05) is 17.1 Å². The van der Waals surface area contributed by atoms with E-state index in [-0.39, 0.29) is 43.8 Å². The van der Waals surface area contributed by atoms with Crippen LogP contribution in [0.1, 0.15) is 60.8 Å². The molecule has 0 unspecified atom stereocenters. The second kappa shape index (κ2) is 14.9. The van der Waals surface area contributed by atoms with Crippen LogP contribution in [0.3, 0.4) is 0 Å². The molecule has 3 aromatic rings. The molecule has 7 nitrogen and oxygen atoms in total. The molecule has 0 spiro atoms. The van der Waals surface area contributed by atoms with E-state index in [0.29, 0.717) is 17.1 Å². The lowest BCUT2D eigenvalue weighted by molar-refractivity contribution is -0.141. The van der Waals surface area contributed by atoms with Gasteiger partial charge in [0.2, 0.25) is 21.8 Å². The highest BCUT2D eigenvalue weighted by atomic mass is 35.5. The highest BCUT2D eigenvalue weighted by molar-refractivity contribution is 7.92. The maximum atomic E-state index is 14.1. The Bertz CT molecular complexity index is 1510. The maximum Gasteiger partial charge on any atom is 0.243 e. The number of halogens is 1. The minimum atomic E-state index is -3.63. The number of hydrogen-bond donors (Lipinski definition) is 1. The molecule has 1 atom stereocenters. The molecule has 2 amide bonds. The Kier molecular flexibility index (Phi) is 11.3. The zero-order chi connectivity index (χ0) is 31.0. The van der Waals surface area contributed by atoms with Gasteiger partial charge in [0.15, 0.2) is 0 Å². The number of sulfonamides is 1. The van der Waals surface area contributed by atoms with Gasteiger partial charge in [0.25, 0.3) is 0 Å². The Hall–Kier alpha value is -3.36. The monoisotopic (exact) mass is 623 g/mol. The lowest BCUT2D eigenvalue weighted by atomic mass is 10.0. The number of carbonyl (C=O) groups is 2. The summed E-state index contributed by atoms with van der Waals surface area (Å²) < 4.78 is 26.9. The molecule has 1 N–H and O–H groups in total. The number of nitrogens with zero attached hydrogens (tertiary/aromatic N) is 2. The van der Waals surface area contributed by atoms with Crippen molar-refractivity contribution in [3.63, 3.8) is 0 Å². The lowest BCUT2D eigenvalue weighted by Gasteiger charge is -2.33. The van der Waals surface area contributed by atoms with Crippen LogP contribution in [0.15, 0.2) is 72.8 Å². The average molecular weight is 624 g/mol. The van der Waals surface area contributed by atoms with Gasteiger partial charge in [-0.15, -0.1) is 0 Å². The van der Waals surface area contributed by atoms with Crippen molar-refractivity contribution in [2.24, 2.45) is 0 Å². The number of benzene rings is 3. The molecule has 9 heteroatoms. The summed E-state index contributed by atoms with van der Waals surface area (Å²) in [6.45, 7) is 4.22. The SMILES string of the molecule is Cc1cccc(CN(C(=O)CCCN(c2cc(Cl)ccc2C)S(C)(=O)=O)[C@H](Cc2ccccc2)C(=O)NC2CCCC2)c1. The van der Waals surface area contributed by atoms with Gasteiger partial charge in [0.1, 0.15) is 6.04 Å². The molecule has 0 bridgehead atoms. The molecule has 0 heterocycles. The molecule has 1 fully saturated rings. The Morgan fingerprint density at radius 1 is 0.953 bits per heavy atom. The molecule has 0 aromatic heterocycles. The van der Waals surface area contributed by atoms with Crippen LogP contribution in [-0.4, -0.2) is 50.0 Å². The largest absolute Gasteiger partial charge is 0.352 e. The second-order valence-electron chi connectivity index (χ2n) is 11.6. The third-order valence-electron chi connectivity index (χ3n) is 8.00. The van der Waals surface area contributed by atoms with E-state index in [0.717, 1.165) is 54.2 Å². The molecule has 1 aliphatic carbocycles. The van der Waals surface area contributed by atoms with Gasteiger partial charge in [-0.1, -0.05) is 90.7 Å². The van der Waals surface area contributed by atoms with Gasteiger partial charge in [-0.2, -0.15) is 0 Å². The number of amides is 2. The summed E-state index contributed by atoms with van der Waals surface area (Å²) in [7, 11) is -3.63. The van der Waals surface area contributed by atoms with Gasteiger partial charge in [0, 0.05) is 37.0 Å². The average Bonchev–Trinajstić information content (AvgIpc) is 3.47. The smallest absolute Gasteiger partial charge is 0.243 e. The summed E-state index contributed by atoms with van der Waals surface area (Å²) >= 11 is 6.20. The van der Waals surface area contributed by atoms with Gasteiger partial charge in [-0.05, 0) is 61.9 Å². The van der Waals surface area contributed by atoms with E-state index in [1.165, 1.54) is 4.31 Å². The van der Waals surface area contributed by atoms with Crippen LogP contribution in [-0.2, 0) is 32.6 Å². The molecule has 1 aliphatic rings. The van der Waals surface area contributed by atoms with Gasteiger partial charge in [-0.3, -0.25) is 13.9 Å². The number of anilines is 1. The summed E-state index contributed by atoms with van der Waals surface area (Å²) in [6.07, 6.45) is 5.96. The summed E-state index contributed by atoms with van der Waals surface area (Å²) in [5.41, 5.74) is 4.24. The molecule has 1 saturated carbocycles. The highest BCUT2D eigenvalue weighted by Gasteiger charge is 2.32. The fraction of sp³-hybridized carbons (Fsp3) is 0.412. The molecule has 4 rings (SSSR count). The van der Waals surface area contributed by atoms with Gasteiger partial charge in [0.05, 0.1) is 11.9 Å². The zero-order valence-corrected chi connectivity index (χ0v) is 26.8. The molecule has 0 aliphatic heterocycles. The first-order valence-corrected chi connectivity index (χ1v) is 17.2. The summed E-state index contributed by atoms with van der Waals surface area (Å²) in [6, 6.07) is 22.2. The molecular formula is C34H42ClN3O4S. The third-order valence-corrected chi connectivity index (χ3v) is 9.42. The van der Waals surface area contributed by atoms with E-state index >= 15 is 0 Å². The Labute approximate surface area is 261 Å². The Morgan fingerprint density at radius 2 is 1.65 bits per heavy atom. The normalized spacial score (nSPS) is 14.3. The van der Waals surface area contributed by atoms with Gasteiger partial charge in [-0.25, -0.2) is 8.42 Å². The second-order valence-corrected chi connectivity index (χ2v) is 13.9. The number of carbonyl (C=O) groups excluding carboxylic acids is 2. The van der Waals surface area contributed by atoms with Crippen LogP contribution < -0.4 is 9.62 Å². The van der Waals surface area contributed by atoms with Crippen LogP contribution >= 0.6 is 11.6 Å². The van der Waals surface area contributed by atoms with Crippen molar-refractivity contribution >= 4 is 39.1 Å². The molecular weight excluding hydrogens is 582 g/mol. The van der Waals surface area contributed by atoms with E-state index in [1.54, 1.807) is 23.1 Å². The fourth-order valence-electron chi connectivity index (χ4n) is 5.76. The van der Waals surface area contributed by atoms with Crippen molar-refractivity contribution in [1.29, 1.82) is 0 Å². The topological polar surface area (TPSA) is 86.8 Å². The van der Waals surface area contributed by atoms with Gasteiger partial charge < -0.3 is 10.2 Å². The highest BCUT2D eigenvalue weighted by Crippen LogP contribution is 2.27. The molecule has 0 saturated heterocycles. The van der Waals surface area contributed by atoms with Crippen LogP contribution in [0, 0.1) is 13.8 Å².